The minimum atomic E-state index is -0.0587. The normalized spacial score (nSPS) is 53.0. The Hall–Kier alpha value is -0.480. The van der Waals surface area contributed by atoms with Gasteiger partial charge in [-0.1, -0.05) is 0 Å². The Labute approximate surface area is 147 Å². The fourth-order valence-electron chi connectivity index (χ4n) is 5.67. The van der Waals surface area contributed by atoms with Gasteiger partial charge in [0.2, 0.25) is 0 Å². The lowest BCUT2D eigenvalue weighted by Crippen LogP contribution is -2.73. The molecule has 5 saturated heterocycles. The third kappa shape index (κ3) is 2.19. The molecular formula is C13H30N12. The van der Waals surface area contributed by atoms with Gasteiger partial charge >= 0.3 is 0 Å². The largest absolute Gasteiger partial charge is 0.324 e. The highest BCUT2D eigenvalue weighted by Crippen LogP contribution is 2.41. The number of nitrogens with two attached hydrogens (primary N) is 3. The second-order valence-corrected chi connectivity index (χ2v) is 7.81. The van der Waals surface area contributed by atoms with Gasteiger partial charge in [-0.05, 0) is 7.05 Å². The van der Waals surface area contributed by atoms with Gasteiger partial charge in [0.25, 0.3) is 0 Å². The van der Waals surface area contributed by atoms with Crippen molar-refractivity contribution < 1.29 is 0 Å². The summed E-state index contributed by atoms with van der Waals surface area (Å²) in [4.78, 5) is 7.49. The molecular weight excluding hydrogens is 324 g/mol. The molecule has 0 aromatic rings. The lowest BCUT2D eigenvalue weighted by molar-refractivity contribution is -0.137. The van der Waals surface area contributed by atoms with Gasteiger partial charge in [-0.2, -0.15) is 5.53 Å². The van der Waals surface area contributed by atoms with E-state index < -0.39 is 0 Å². The summed E-state index contributed by atoms with van der Waals surface area (Å²) in [5, 5.41) is 0. The molecule has 0 aliphatic carbocycles. The zero-order chi connectivity index (χ0) is 17.3. The number of hydrogen-bond acceptors (Lipinski definition) is 12. The molecule has 0 radical (unpaired) electrons. The maximum atomic E-state index is 6.68. The van der Waals surface area contributed by atoms with E-state index in [0.717, 1.165) is 19.6 Å². The summed E-state index contributed by atoms with van der Waals surface area (Å²) in [5.74, 6) is 5.79. The van der Waals surface area contributed by atoms with E-state index in [2.05, 4.69) is 47.4 Å². The number of hydrazine groups is 4. The van der Waals surface area contributed by atoms with E-state index in [-0.39, 0.29) is 48.7 Å². The van der Waals surface area contributed by atoms with E-state index in [9.17, 15) is 0 Å². The van der Waals surface area contributed by atoms with Crippen molar-refractivity contribution in [3.8, 4) is 0 Å². The van der Waals surface area contributed by atoms with Gasteiger partial charge < -0.3 is 11.5 Å². The van der Waals surface area contributed by atoms with Gasteiger partial charge in [0.1, 0.15) is 0 Å². The zero-order valence-electron chi connectivity index (χ0n) is 14.4. The third-order valence-electron chi connectivity index (χ3n) is 6.67. The molecule has 5 aliphatic rings. The van der Waals surface area contributed by atoms with Crippen molar-refractivity contribution in [2.24, 2.45) is 17.3 Å². The smallest absolute Gasteiger partial charge is 0.0838 e. The molecule has 5 heterocycles. The molecule has 12 nitrogen and oxygen atoms in total. The molecule has 25 heavy (non-hydrogen) atoms. The number of rotatable bonds is 3. The maximum Gasteiger partial charge on any atom is 0.0838 e. The number of nitrogens with one attached hydrogen (secondary N) is 6. The van der Waals surface area contributed by atoms with Crippen LogP contribution in [0.5, 0.6) is 0 Å². The zero-order valence-corrected chi connectivity index (χ0v) is 14.4. The Morgan fingerprint density at radius 1 is 0.880 bits per heavy atom. The fraction of sp³-hybridized carbons (Fsp3) is 1.00. The average molecular weight is 354 g/mol. The summed E-state index contributed by atoms with van der Waals surface area (Å²) in [6, 6.07) is 0.816. The van der Waals surface area contributed by atoms with Crippen LogP contribution in [0, 0.1) is 0 Å². The van der Waals surface area contributed by atoms with Crippen molar-refractivity contribution in [1.29, 1.82) is 0 Å². The Kier molecular flexibility index (Phi) is 4.01. The summed E-state index contributed by atoms with van der Waals surface area (Å²) in [7, 11) is 1.88. The van der Waals surface area contributed by atoms with Crippen LogP contribution in [0.1, 0.15) is 0 Å². The monoisotopic (exact) mass is 354 g/mol. The molecule has 5 rings (SSSR count). The van der Waals surface area contributed by atoms with Crippen LogP contribution >= 0.6 is 0 Å². The van der Waals surface area contributed by atoms with Gasteiger partial charge in [-0.25, -0.2) is 10.9 Å². The fourth-order valence-corrected chi connectivity index (χ4v) is 5.67. The van der Waals surface area contributed by atoms with E-state index in [0.29, 0.717) is 6.04 Å². The molecule has 12 N–H and O–H groups in total. The second kappa shape index (κ2) is 6.02. The molecule has 0 amide bonds. The Bertz CT molecular complexity index is 517. The Balaban J connectivity index is 1.52. The van der Waals surface area contributed by atoms with Gasteiger partial charge in [0, 0.05) is 19.6 Å². The first kappa shape index (κ1) is 16.7. The molecule has 0 saturated carbocycles. The van der Waals surface area contributed by atoms with Crippen molar-refractivity contribution in [3.63, 3.8) is 0 Å². The van der Waals surface area contributed by atoms with Crippen molar-refractivity contribution >= 4 is 0 Å². The maximum absolute atomic E-state index is 6.68. The van der Waals surface area contributed by atoms with E-state index in [1.54, 1.807) is 0 Å². The van der Waals surface area contributed by atoms with Crippen LogP contribution in [0.4, 0.5) is 0 Å². The molecule has 142 valence electrons. The molecule has 9 atom stereocenters. The summed E-state index contributed by atoms with van der Waals surface area (Å²) in [6.45, 7) is 2.63. The van der Waals surface area contributed by atoms with E-state index in [4.69, 9.17) is 17.3 Å². The van der Waals surface area contributed by atoms with Crippen molar-refractivity contribution in [2.45, 2.75) is 54.7 Å². The minimum Gasteiger partial charge on any atom is -0.324 e. The lowest BCUT2D eigenvalue weighted by Gasteiger charge is -2.53. The quantitative estimate of drug-likeness (QED) is 0.175. The topological polar surface area (TPSA) is 160 Å². The molecule has 0 bridgehead atoms. The van der Waals surface area contributed by atoms with Crippen molar-refractivity contribution in [3.05, 3.63) is 0 Å². The summed E-state index contributed by atoms with van der Waals surface area (Å²) in [5.41, 5.74) is 32.4. The highest BCUT2D eigenvalue weighted by atomic mass is 15.7. The Morgan fingerprint density at radius 3 is 2.24 bits per heavy atom. The molecule has 12 heteroatoms. The highest BCUT2D eigenvalue weighted by Gasteiger charge is 2.63. The van der Waals surface area contributed by atoms with Crippen LogP contribution in [0.3, 0.4) is 0 Å². The molecule has 0 aromatic carbocycles. The predicted molar refractivity (Wildman–Crippen MR) is 91.5 cm³/mol. The summed E-state index contributed by atoms with van der Waals surface area (Å²) in [6.07, 6.45) is 0.527. The number of hydrogen-bond donors (Lipinski definition) is 9. The van der Waals surface area contributed by atoms with Gasteiger partial charge in [-0.3, -0.25) is 36.8 Å². The van der Waals surface area contributed by atoms with E-state index in [1.165, 1.54) is 0 Å². The first-order valence-electron chi connectivity index (χ1n) is 9.08. The molecule has 5 fully saturated rings. The number of fused-ring (bicyclic) bond motifs is 8. The molecule has 9 unspecified atom stereocenters. The lowest BCUT2D eigenvalue weighted by atomic mass is 10.1. The van der Waals surface area contributed by atoms with E-state index in [1.807, 2.05) is 7.05 Å². The first-order valence-corrected chi connectivity index (χ1v) is 9.08. The van der Waals surface area contributed by atoms with Crippen LogP contribution in [0.2, 0.25) is 0 Å². The van der Waals surface area contributed by atoms with E-state index >= 15 is 0 Å². The highest BCUT2D eigenvalue weighted by molar-refractivity contribution is 5.17. The summed E-state index contributed by atoms with van der Waals surface area (Å²) >= 11 is 0. The average Bonchev–Trinajstić information content (AvgIpc) is 3.31. The Morgan fingerprint density at radius 2 is 1.52 bits per heavy atom. The van der Waals surface area contributed by atoms with Crippen LogP contribution < -0.4 is 50.0 Å². The van der Waals surface area contributed by atoms with Crippen LogP contribution in [-0.2, 0) is 0 Å². The van der Waals surface area contributed by atoms with Crippen LogP contribution in [0.25, 0.3) is 0 Å². The SMILES string of the molecule is CNNC1CN2C3C(N)C(NN)CN3C3C4NNNC4CN3C2C1N. The number of nitrogens with zero attached hydrogens (tertiary/aromatic N) is 3. The molecule has 0 spiro atoms. The van der Waals surface area contributed by atoms with Gasteiger partial charge in [0.05, 0.1) is 54.7 Å². The third-order valence-corrected chi connectivity index (χ3v) is 6.67. The van der Waals surface area contributed by atoms with Gasteiger partial charge in [0.15, 0.2) is 0 Å². The summed E-state index contributed by atoms with van der Waals surface area (Å²) < 4.78 is 0. The van der Waals surface area contributed by atoms with Crippen LogP contribution in [0.15, 0.2) is 0 Å². The minimum absolute atomic E-state index is 0.000899. The molecule has 0 aromatic heterocycles. The van der Waals surface area contributed by atoms with Crippen LogP contribution in [-0.4, -0.2) is 96.1 Å². The van der Waals surface area contributed by atoms with Gasteiger partial charge in [-0.15, -0.1) is 0 Å². The predicted octanol–water partition coefficient (Wildman–Crippen LogP) is -6.15. The van der Waals surface area contributed by atoms with Crippen molar-refractivity contribution in [1.82, 2.24) is 47.4 Å². The van der Waals surface area contributed by atoms with Crippen molar-refractivity contribution in [2.75, 3.05) is 26.7 Å². The first-order chi connectivity index (χ1) is 12.2. The molecule has 5 aliphatic heterocycles. The standard InChI is InChI=1S/C13H30N12/c1-17-19-6-3-23-11-8(14)5(18-16)2-24(11)13-10-7(20-22-21-10)4-25(13)12(23)9(6)15/h5-13,17-22H,2-4,14-16H2,1H3. The second-order valence-electron chi connectivity index (χ2n) is 7.81.